The van der Waals surface area contributed by atoms with Gasteiger partial charge in [-0.2, -0.15) is 0 Å². The molecule has 0 aliphatic heterocycles. The predicted molar refractivity (Wildman–Crippen MR) is 69.4 cm³/mol. The van der Waals surface area contributed by atoms with Crippen molar-refractivity contribution >= 4 is 6.01 Å². The van der Waals surface area contributed by atoms with Crippen molar-refractivity contribution in [2.45, 2.75) is 58.2 Å². The normalized spacial score (nSPS) is 19.5. The lowest BCUT2D eigenvalue weighted by Crippen LogP contribution is -2.28. The molecule has 0 aromatic carbocycles. The predicted octanol–water partition coefficient (Wildman–Crippen LogP) is 1.95. The van der Waals surface area contributed by atoms with E-state index in [2.05, 4.69) is 34.3 Å². The van der Waals surface area contributed by atoms with E-state index in [1.165, 1.54) is 25.7 Å². The monoisotopic (exact) mass is 250 g/mol. The molecule has 2 fully saturated rings. The highest BCUT2D eigenvalue weighted by molar-refractivity contribution is 5.30. The van der Waals surface area contributed by atoms with Crippen LogP contribution in [0.2, 0.25) is 0 Å². The van der Waals surface area contributed by atoms with Crippen LogP contribution in [0.4, 0.5) is 6.01 Å². The van der Waals surface area contributed by atoms with E-state index in [1.807, 2.05) is 0 Å². The zero-order valence-corrected chi connectivity index (χ0v) is 11.2. The van der Waals surface area contributed by atoms with E-state index < -0.39 is 0 Å². The van der Waals surface area contributed by atoms with E-state index in [9.17, 15) is 0 Å². The second kappa shape index (κ2) is 4.88. The van der Waals surface area contributed by atoms with Crippen molar-refractivity contribution in [1.29, 1.82) is 0 Å². The van der Waals surface area contributed by atoms with E-state index in [1.54, 1.807) is 0 Å². The summed E-state index contributed by atoms with van der Waals surface area (Å²) < 4.78 is 5.77. The molecule has 0 atom stereocenters. The summed E-state index contributed by atoms with van der Waals surface area (Å²) in [5.41, 5.74) is 0. The van der Waals surface area contributed by atoms with Crippen LogP contribution >= 0.6 is 0 Å². The molecule has 0 amide bonds. The first-order valence-corrected chi connectivity index (χ1v) is 7.05. The van der Waals surface area contributed by atoms with Crippen molar-refractivity contribution in [2.24, 2.45) is 5.92 Å². The van der Waals surface area contributed by atoms with Gasteiger partial charge in [-0.1, -0.05) is 18.9 Å². The SMILES string of the molecule is CC(C)NCc1nnc(N(CC2CC2)C2CC2)o1. The van der Waals surface area contributed by atoms with Crippen molar-refractivity contribution in [3.63, 3.8) is 0 Å². The molecular formula is C13H22N4O. The van der Waals surface area contributed by atoms with E-state index >= 15 is 0 Å². The molecule has 1 heterocycles. The number of hydrogen-bond donors (Lipinski definition) is 1. The van der Waals surface area contributed by atoms with Crippen molar-refractivity contribution in [2.75, 3.05) is 11.4 Å². The van der Waals surface area contributed by atoms with Gasteiger partial charge in [0.05, 0.1) is 6.54 Å². The quantitative estimate of drug-likeness (QED) is 0.801. The van der Waals surface area contributed by atoms with Gasteiger partial charge in [-0.15, -0.1) is 5.10 Å². The van der Waals surface area contributed by atoms with Crippen LogP contribution in [0.25, 0.3) is 0 Å². The molecule has 1 aromatic rings. The Labute approximate surface area is 108 Å². The molecule has 2 aliphatic rings. The summed E-state index contributed by atoms with van der Waals surface area (Å²) in [4.78, 5) is 2.32. The van der Waals surface area contributed by atoms with Crippen molar-refractivity contribution in [1.82, 2.24) is 15.5 Å². The van der Waals surface area contributed by atoms with Crippen LogP contribution in [-0.4, -0.2) is 28.8 Å². The molecule has 2 saturated carbocycles. The molecule has 1 aromatic heterocycles. The third-order valence-electron chi connectivity index (χ3n) is 3.50. The summed E-state index contributed by atoms with van der Waals surface area (Å²) >= 11 is 0. The summed E-state index contributed by atoms with van der Waals surface area (Å²) in [5.74, 6) is 1.55. The highest BCUT2D eigenvalue weighted by atomic mass is 16.4. The third kappa shape index (κ3) is 3.02. The standard InChI is InChI=1S/C13H22N4O/c1-9(2)14-7-12-15-16-13(18-12)17(11-5-6-11)8-10-3-4-10/h9-11,14H,3-8H2,1-2H3. The molecule has 5 heteroatoms. The Hall–Kier alpha value is -1.10. The number of aromatic nitrogens is 2. The van der Waals surface area contributed by atoms with Crippen molar-refractivity contribution < 1.29 is 4.42 Å². The minimum Gasteiger partial charge on any atom is -0.407 e. The fraction of sp³-hybridized carbons (Fsp3) is 0.846. The van der Waals surface area contributed by atoms with E-state index in [0.717, 1.165) is 18.5 Å². The van der Waals surface area contributed by atoms with Gasteiger partial charge < -0.3 is 14.6 Å². The van der Waals surface area contributed by atoms with Crippen LogP contribution < -0.4 is 10.2 Å². The summed E-state index contributed by atoms with van der Waals surface area (Å²) in [5, 5.41) is 11.6. The van der Waals surface area contributed by atoms with Gasteiger partial charge in [0, 0.05) is 18.6 Å². The molecule has 100 valence electrons. The van der Waals surface area contributed by atoms with Gasteiger partial charge in [0.15, 0.2) is 0 Å². The lowest BCUT2D eigenvalue weighted by atomic mass is 10.4. The second-order valence-electron chi connectivity index (χ2n) is 5.84. The van der Waals surface area contributed by atoms with Crippen molar-refractivity contribution in [3.05, 3.63) is 5.89 Å². The average Bonchev–Trinajstić information content (AvgIpc) is 3.23. The summed E-state index contributed by atoms with van der Waals surface area (Å²) in [6, 6.07) is 1.81. The summed E-state index contributed by atoms with van der Waals surface area (Å²) in [6.45, 7) is 5.98. The lowest BCUT2D eigenvalue weighted by Gasteiger charge is -2.18. The molecule has 0 unspecified atom stereocenters. The molecule has 0 saturated heterocycles. The van der Waals surface area contributed by atoms with Crippen LogP contribution in [0.5, 0.6) is 0 Å². The molecule has 1 N–H and O–H groups in total. The Balaban J connectivity index is 1.62. The van der Waals surface area contributed by atoms with Gasteiger partial charge in [0.1, 0.15) is 0 Å². The fourth-order valence-electron chi connectivity index (χ4n) is 2.07. The maximum atomic E-state index is 5.77. The first-order chi connectivity index (χ1) is 8.72. The highest BCUT2D eigenvalue weighted by Crippen LogP contribution is 2.37. The third-order valence-corrected chi connectivity index (χ3v) is 3.50. The number of hydrogen-bond acceptors (Lipinski definition) is 5. The molecule has 2 aliphatic carbocycles. The largest absolute Gasteiger partial charge is 0.407 e. The van der Waals surface area contributed by atoms with Gasteiger partial charge in [-0.3, -0.25) is 0 Å². The fourth-order valence-corrected chi connectivity index (χ4v) is 2.07. The van der Waals surface area contributed by atoms with E-state index in [0.29, 0.717) is 24.5 Å². The zero-order chi connectivity index (χ0) is 12.5. The summed E-state index contributed by atoms with van der Waals surface area (Å²) in [6.07, 6.45) is 5.27. The second-order valence-corrected chi connectivity index (χ2v) is 5.84. The van der Waals surface area contributed by atoms with E-state index in [-0.39, 0.29) is 0 Å². The molecule has 0 radical (unpaired) electrons. The van der Waals surface area contributed by atoms with Gasteiger partial charge >= 0.3 is 6.01 Å². The molecular weight excluding hydrogens is 228 g/mol. The van der Waals surface area contributed by atoms with Crippen LogP contribution in [0.1, 0.15) is 45.4 Å². The molecule has 18 heavy (non-hydrogen) atoms. The Morgan fingerprint density at radius 2 is 2.06 bits per heavy atom. The molecule has 0 bridgehead atoms. The van der Waals surface area contributed by atoms with Crippen LogP contribution in [0.15, 0.2) is 4.42 Å². The minimum absolute atomic E-state index is 0.436. The summed E-state index contributed by atoms with van der Waals surface area (Å²) in [7, 11) is 0. The van der Waals surface area contributed by atoms with Gasteiger partial charge in [-0.25, -0.2) is 0 Å². The average molecular weight is 250 g/mol. The number of nitrogens with one attached hydrogen (secondary N) is 1. The van der Waals surface area contributed by atoms with Crippen molar-refractivity contribution in [3.8, 4) is 0 Å². The molecule has 0 spiro atoms. The number of rotatable bonds is 7. The first-order valence-electron chi connectivity index (χ1n) is 7.05. The number of nitrogens with zero attached hydrogens (tertiary/aromatic N) is 3. The lowest BCUT2D eigenvalue weighted by molar-refractivity contribution is 0.443. The zero-order valence-electron chi connectivity index (χ0n) is 11.2. The van der Waals surface area contributed by atoms with Gasteiger partial charge in [-0.05, 0) is 31.6 Å². The Bertz CT molecular complexity index is 395. The smallest absolute Gasteiger partial charge is 0.318 e. The van der Waals surface area contributed by atoms with Crippen LogP contribution in [0.3, 0.4) is 0 Å². The maximum absolute atomic E-state index is 5.77. The highest BCUT2D eigenvalue weighted by Gasteiger charge is 2.36. The van der Waals surface area contributed by atoms with Crippen LogP contribution in [0, 0.1) is 5.92 Å². The maximum Gasteiger partial charge on any atom is 0.318 e. The Kier molecular flexibility index (Phi) is 3.24. The first kappa shape index (κ1) is 12.0. The molecule has 3 rings (SSSR count). The van der Waals surface area contributed by atoms with Gasteiger partial charge in [0.25, 0.3) is 0 Å². The van der Waals surface area contributed by atoms with E-state index in [4.69, 9.17) is 4.42 Å². The van der Waals surface area contributed by atoms with Crippen LogP contribution in [-0.2, 0) is 6.54 Å². The minimum atomic E-state index is 0.436. The Morgan fingerprint density at radius 3 is 2.67 bits per heavy atom. The number of anilines is 1. The topological polar surface area (TPSA) is 54.2 Å². The molecule has 5 nitrogen and oxygen atoms in total. The van der Waals surface area contributed by atoms with Gasteiger partial charge in [0.2, 0.25) is 5.89 Å². The Morgan fingerprint density at radius 1 is 1.28 bits per heavy atom.